The van der Waals surface area contributed by atoms with Crippen LogP contribution in [0.25, 0.3) is 0 Å². The molecule has 5 nitrogen and oxygen atoms in total. The van der Waals surface area contributed by atoms with Crippen LogP contribution in [-0.4, -0.2) is 40.2 Å². The van der Waals surface area contributed by atoms with Crippen LogP contribution in [-0.2, 0) is 18.3 Å². The minimum absolute atomic E-state index is 0.340. The third-order valence-corrected chi connectivity index (χ3v) is 3.88. The van der Waals surface area contributed by atoms with Gasteiger partial charge in [-0.15, -0.1) is 0 Å². The van der Waals surface area contributed by atoms with Gasteiger partial charge in [0.15, 0.2) is 0 Å². The van der Waals surface area contributed by atoms with Crippen LogP contribution < -0.4 is 5.32 Å². The fourth-order valence-corrected chi connectivity index (χ4v) is 2.78. The highest BCUT2D eigenvalue weighted by atomic mass is 16.5. The maximum atomic E-state index is 9.92. The lowest BCUT2D eigenvalue weighted by Crippen LogP contribution is -2.32. The van der Waals surface area contributed by atoms with E-state index in [1.165, 1.54) is 12.8 Å². The van der Waals surface area contributed by atoms with E-state index in [4.69, 9.17) is 4.74 Å². The van der Waals surface area contributed by atoms with E-state index in [0.717, 1.165) is 30.9 Å². The molecule has 1 aromatic heterocycles. The first-order chi connectivity index (χ1) is 9.63. The molecule has 0 radical (unpaired) electrons. The Morgan fingerprint density at radius 2 is 2.40 bits per heavy atom. The van der Waals surface area contributed by atoms with E-state index in [2.05, 4.69) is 17.3 Å². The predicted octanol–water partition coefficient (Wildman–Crippen LogP) is 1.47. The van der Waals surface area contributed by atoms with Crippen molar-refractivity contribution < 1.29 is 9.84 Å². The average Bonchev–Trinajstić information content (AvgIpc) is 2.82. The lowest BCUT2D eigenvalue weighted by Gasteiger charge is -2.27. The summed E-state index contributed by atoms with van der Waals surface area (Å²) in [6.07, 6.45) is 8.54. The molecule has 0 aromatic carbocycles. The van der Waals surface area contributed by atoms with Gasteiger partial charge in [0.25, 0.3) is 0 Å². The fourth-order valence-electron chi connectivity index (χ4n) is 2.78. The van der Waals surface area contributed by atoms with Crippen molar-refractivity contribution in [3.63, 3.8) is 0 Å². The molecule has 1 saturated carbocycles. The molecule has 0 spiro atoms. The Bertz CT molecular complexity index is 394. The highest BCUT2D eigenvalue weighted by Crippen LogP contribution is 2.25. The summed E-state index contributed by atoms with van der Waals surface area (Å²) in [5.74, 6) is 0.759. The van der Waals surface area contributed by atoms with Gasteiger partial charge in [0.05, 0.1) is 25.0 Å². The molecule has 1 aliphatic rings. The summed E-state index contributed by atoms with van der Waals surface area (Å²) in [6.45, 7) is 3.99. The monoisotopic (exact) mass is 281 g/mol. The molecule has 0 aliphatic heterocycles. The fraction of sp³-hybridized carbons (Fsp3) is 0.800. The molecule has 2 N–H and O–H groups in total. The zero-order valence-electron chi connectivity index (χ0n) is 12.6. The second-order valence-electron chi connectivity index (χ2n) is 6.03. The number of aliphatic hydroxyl groups is 1. The van der Waals surface area contributed by atoms with Crippen LogP contribution in [0.1, 0.15) is 38.2 Å². The van der Waals surface area contributed by atoms with Crippen LogP contribution in [0, 0.1) is 5.92 Å². The lowest BCUT2D eigenvalue weighted by molar-refractivity contribution is -0.0306. The zero-order valence-corrected chi connectivity index (χ0v) is 12.6. The lowest BCUT2D eigenvalue weighted by atomic mass is 9.89. The molecule has 0 saturated heterocycles. The molecule has 1 fully saturated rings. The highest BCUT2D eigenvalue weighted by Gasteiger charge is 2.20. The van der Waals surface area contributed by atoms with Gasteiger partial charge in [-0.25, -0.2) is 0 Å². The van der Waals surface area contributed by atoms with E-state index in [0.29, 0.717) is 19.3 Å². The highest BCUT2D eigenvalue weighted by molar-refractivity contribution is 5.02. The molecule has 5 heteroatoms. The molecular weight excluding hydrogens is 254 g/mol. The standard InChI is InChI=1S/C15H27N3O2/c1-12-4-3-5-15(6-12)20-11-14(19)9-16-7-13-8-17-18(2)10-13/h8,10,12,14-16,19H,3-7,9,11H2,1-2H3. The summed E-state index contributed by atoms with van der Waals surface area (Å²) in [5, 5.41) is 17.3. The summed E-state index contributed by atoms with van der Waals surface area (Å²) in [6, 6.07) is 0. The van der Waals surface area contributed by atoms with Gasteiger partial charge in [0, 0.05) is 31.9 Å². The molecule has 0 amide bonds. The summed E-state index contributed by atoms with van der Waals surface area (Å²) in [7, 11) is 1.90. The largest absolute Gasteiger partial charge is 0.389 e. The molecule has 20 heavy (non-hydrogen) atoms. The van der Waals surface area contributed by atoms with Gasteiger partial charge >= 0.3 is 0 Å². The average molecular weight is 281 g/mol. The van der Waals surface area contributed by atoms with Gasteiger partial charge in [-0.2, -0.15) is 5.10 Å². The van der Waals surface area contributed by atoms with Crippen molar-refractivity contribution in [3.8, 4) is 0 Å². The topological polar surface area (TPSA) is 59.3 Å². The van der Waals surface area contributed by atoms with Crippen LogP contribution in [0.15, 0.2) is 12.4 Å². The van der Waals surface area contributed by atoms with E-state index in [-0.39, 0.29) is 0 Å². The predicted molar refractivity (Wildman–Crippen MR) is 78.3 cm³/mol. The number of rotatable bonds is 7. The molecule has 114 valence electrons. The third kappa shape index (κ3) is 5.23. The van der Waals surface area contributed by atoms with Gasteiger partial charge in [-0.1, -0.05) is 19.8 Å². The van der Waals surface area contributed by atoms with Gasteiger partial charge < -0.3 is 15.2 Å². The molecule has 2 rings (SSSR count). The summed E-state index contributed by atoms with van der Waals surface area (Å²) >= 11 is 0. The third-order valence-electron chi connectivity index (χ3n) is 3.88. The van der Waals surface area contributed by atoms with Crippen molar-refractivity contribution in [2.45, 2.75) is 51.4 Å². The smallest absolute Gasteiger partial charge is 0.0897 e. The quantitative estimate of drug-likeness (QED) is 0.794. The molecule has 1 aliphatic carbocycles. The van der Waals surface area contributed by atoms with Crippen LogP contribution >= 0.6 is 0 Å². The number of aliphatic hydroxyl groups excluding tert-OH is 1. The van der Waals surface area contributed by atoms with E-state index in [1.807, 2.05) is 19.4 Å². The first-order valence-electron chi connectivity index (χ1n) is 7.61. The second kappa shape index (κ2) is 7.76. The van der Waals surface area contributed by atoms with Gasteiger partial charge in [0.2, 0.25) is 0 Å². The molecule has 1 aromatic rings. The van der Waals surface area contributed by atoms with Crippen LogP contribution in [0.2, 0.25) is 0 Å². The summed E-state index contributed by atoms with van der Waals surface area (Å²) in [4.78, 5) is 0. The Kier molecular flexibility index (Phi) is 6.01. The minimum Gasteiger partial charge on any atom is -0.389 e. The number of aromatic nitrogens is 2. The number of nitrogens with one attached hydrogen (secondary N) is 1. The number of nitrogens with zero attached hydrogens (tertiary/aromatic N) is 2. The van der Waals surface area contributed by atoms with Crippen molar-refractivity contribution in [3.05, 3.63) is 18.0 Å². The van der Waals surface area contributed by atoms with Crippen LogP contribution in [0.3, 0.4) is 0 Å². The van der Waals surface area contributed by atoms with Crippen LogP contribution in [0.5, 0.6) is 0 Å². The first-order valence-corrected chi connectivity index (χ1v) is 7.61. The molecule has 3 atom stereocenters. The Balaban J connectivity index is 1.57. The number of hydrogen-bond donors (Lipinski definition) is 2. The maximum Gasteiger partial charge on any atom is 0.0897 e. The molecular formula is C15H27N3O2. The number of ether oxygens (including phenoxy) is 1. The van der Waals surface area contributed by atoms with E-state index < -0.39 is 6.10 Å². The molecule has 0 bridgehead atoms. The van der Waals surface area contributed by atoms with E-state index in [9.17, 15) is 5.11 Å². The van der Waals surface area contributed by atoms with E-state index >= 15 is 0 Å². The van der Waals surface area contributed by atoms with Gasteiger partial charge in [-0.05, 0) is 18.8 Å². The van der Waals surface area contributed by atoms with E-state index in [1.54, 1.807) is 4.68 Å². The molecule has 3 unspecified atom stereocenters. The minimum atomic E-state index is -0.441. The Morgan fingerprint density at radius 3 is 3.10 bits per heavy atom. The number of aryl methyl sites for hydroxylation is 1. The van der Waals surface area contributed by atoms with Crippen molar-refractivity contribution in [1.29, 1.82) is 0 Å². The summed E-state index contributed by atoms with van der Waals surface area (Å²) < 4.78 is 7.59. The SMILES string of the molecule is CC1CCCC(OCC(O)CNCc2cnn(C)c2)C1. The van der Waals surface area contributed by atoms with Crippen molar-refractivity contribution >= 4 is 0 Å². The van der Waals surface area contributed by atoms with Crippen molar-refractivity contribution in [2.24, 2.45) is 13.0 Å². The first kappa shape index (κ1) is 15.5. The molecule has 1 heterocycles. The van der Waals surface area contributed by atoms with Crippen molar-refractivity contribution in [1.82, 2.24) is 15.1 Å². The number of hydrogen-bond acceptors (Lipinski definition) is 4. The second-order valence-corrected chi connectivity index (χ2v) is 6.03. The zero-order chi connectivity index (χ0) is 14.4. The Morgan fingerprint density at radius 1 is 1.55 bits per heavy atom. The normalized spacial score (nSPS) is 24.8. The van der Waals surface area contributed by atoms with Crippen LogP contribution in [0.4, 0.5) is 0 Å². The Labute approximate surface area is 121 Å². The van der Waals surface area contributed by atoms with Crippen molar-refractivity contribution in [2.75, 3.05) is 13.2 Å². The van der Waals surface area contributed by atoms with Gasteiger partial charge in [-0.3, -0.25) is 4.68 Å². The van der Waals surface area contributed by atoms with Gasteiger partial charge in [0.1, 0.15) is 0 Å². The summed E-state index contributed by atoms with van der Waals surface area (Å²) in [5.41, 5.74) is 1.13. The Hall–Kier alpha value is -0.910. The maximum absolute atomic E-state index is 9.92.